The molecule has 20 heavy (non-hydrogen) atoms. The number of amides is 1. The zero-order valence-electron chi connectivity index (χ0n) is 11.4. The molecule has 0 heterocycles. The van der Waals surface area contributed by atoms with E-state index in [0.717, 1.165) is 31.1 Å². The molecule has 0 radical (unpaired) electrons. The number of alkyl halides is 1. The Hall–Kier alpha value is -0.740. The number of carbonyl (C=O) groups is 1. The van der Waals surface area contributed by atoms with E-state index in [-0.39, 0.29) is 12.5 Å². The van der Waals surface area contributed by atoms with E-state index in [1.165, 1.54) is 6.42 Å². The van der Waals surface area contributed by atoms with Gasteiger partial charge < -0.3 is 9.64 Å². The lowest BCUT2D eigenvalue weighted by atomic mass is 9.91. The van der Waals surface area contributed by atoms with Crippen molar-refractivity contribution >= 4 is 33.4 Å². The van der Waals surface area contributed by atoms with Crippen molar-refractivity contribution in [2.75, 3.05) is 18.5 Å². The molecule has 1 fully saturated rings. The largest absolute Gasteiger partial charge is 0.484 e. The SMILES string of the molecule is O=C(COc1cccc(Cl)c1)N(CCCBr)C1CCC1. The first-order chi connectivity index (χ1) is 9.70. The van der Waals surface area contributed by atoms with Crippen LogP contribution in [0.1, 0.15) is 25.7 Å². The number of benzene rings is 1. The smallest absolute Gasteiger partial charge is 0.260 e. The zero-order chi connectivity index (χ0) is 14.4. The summed E-state index contributed by atoms with van der Waals surface area (Å²) < 4.78 is 5.54. The van der Waals surface area contributed by atoms with Gasteiger partial charge in [-0.05, 0) is 43.9 Å². The molecule has 0 atom stereocenters. The van der Waals surface area contributed by atoms with Gasteiger partial charge in [-0.3, -0.25) is 4.79 Å². The van der Waals surface area contributed by atoms with Crippen LogP contribution >= 0.6 is 27.5 Å². The summed E-state index contributed by atoms with van der Waals surface area (Å²) in [4.78, 5) is 14.3. The van der Waals surface area contributed by atoms with Gasteiger partial charge in [0.1, 0.15) is 5.75 Å². The fourth-order valence-electron chi connectivity index (χ4n) is 2.22. The van der Waals surface area contributed by atoms with E-state index >= 15 is 0 Å². The van der Waals surface area contributed by atoms with E-state index < -0.39 is 0 Å². The van der Waals surface area contributed by atoms with Crippen molar-refractivity contribution in [1.29, 1.82) is 0 Å². The van der Waals surface area contributed by atoms with Crippen LogP contribution in [-0.4, -0.2) is 35.3 Å². The van der Waals surface area contributed by atoms with Gasteiger partial charge in [-0.1, -0.05) is 33.6 Å². The number of halogens is 2. The number of carbonyl (C=O) groups excluding carboxylic acids is 1. The lowest BCUT2D eigenvalue weighted by Crippen LogP contribution is -2.46. The van der Waals surface area contributed by atoms with E-state index in [9.17, 15) is 4.79 Å². The molecule has 1 aromatic carbocycles. The van der Waals surface area contributed by atoms with E-state index in [1.807, 2.05) is 17.0 Å². The quantitative estimate of drug-likeness (QED) is 0.691. The average Bonchev–Trinajstić information content (AvgIpc) is 2.38. The van der Waals surface area contributed by atoms with Crippen LogP contribution in [0.3, 0.4) is 0 Å². The molecular formula is C15H19BrClNO2. The molecule has 0 aromatic heterocycles. The van der Waals surface area contributed by atoms with Gasteiger partial charge in [-0.15, -0.1) is 0 Å². The van der Waals surface area contributed by atoms with Crippen molar-refractivity contribution in [3.8, 4) is 5.75 Å². The highest BCUT2D eigenvalue weighted by Gasteiger charge is 2.28. The second-order valence-electron chi connectivity index (χ2n) is 4.96. The molecule has 1 saturated carbocycles. The first-order valence-corrected chi connectivity index (χ1v) is 8.44. The predicted octanol–water partition coefficient (Wildman–Crippen LogP) is 3.88. The molecule has 0 spiro atoms. The summed E-state index contributed by atoms with van der Waals surface area (Å²) in [6.07, 6.45) is 4.42. The molecule has 1 aromatic rings. The van der Waals surface area contributed by atoms with E-state index in [1.54, 1.807) is 12.1 Å². The van der Waals surface area contributed by atoms with Crippen LogP contribution in [-0.2, 0) is 4.79 Å². The van der Waals surface area contributed by atoms with Crippen molar-refractivity contribution in [3.05, 3.63) is 29.3 Å². The second kappa shape index (κ2) is 7.89. The van der Waals surface area contributed by atoms with Gasteiger partial charge in [-0.25, -0.2) is 0 Å². The Kier molecular flexibility index (Phi) is 6.17. The van der Waals surface area contributed by atoms with Crippen LogP contribution < -0.4 is 4.74 Å². The molecule has 0 saturated heterocycles. The third kappa shape index (κ3) is 4.38. The number of rotatable bonds is 7. The monoisotopic (exact) mass is 359 g/mol. The maximum Gasteiger partial charge on any atom is 0.260 e. The lowest BCUT2D eigenvalue weighted by Gasteiger charge is -2.37. The summed E-state index contributed by atoms with van der Waals surface area (Å²) in [6.45, 7) is 0.882. The molecule has 2 rings (SSSR count). The lowest BCUT2D eigenvalue weighted by molar-refractivity contribution is -0.137. The molecule has 0 unspecified atom stereocenters. The maximum absolute atomic E-state index is 12.3. The first kappa shape index (κ1) is 15.6. The summed E-state index contributed by atoms with van der Waals surface area (Å²) in [7, 11) is 0. The van der Waals surface area contributed by atoms with Crippen molar-refractivity contribution in [1.82, 2.24) is 4.90 Å². The standard InChI is InChI=1S/C15H19BrClNO2/c16-8-3-9-18(13-5-2-6-13)15(19)11-20-14-7-1-4-12(17)10-14/h1,4,7,10,13H,2-3,5-6,8-9,11H2. The summed E-state index contributed by atoms with van der Waals surface area (Å²) in [6, 6.07) is 7.54. The van der Waals surface area contributed by atoms with Crippen LogP contribution in [0.4, 0.5) is 0 Å². The first-order valence-electron chi connectivity index (χ1n) is 6.94. The van der Waals surface area contributed by atoms with Gasteiger partial charge in [0.25, 0.3) is 5.91 Å². The Morgan fingerprint density at radius 3 is 2.85 bits per heavy atom. The molecule has 1 aliphatic carbocycles. The van der Waals surface area contributed by atoms with Crippen LogP contribution in [0.25, 0.3) is 0 Å². The number of hydrogen-bond donors (Lipinski definition) is 0. The Morgan fingerprint density at radius 2 is 2.25 bits per heavy atom. The van der Waals surface area contributed by atoms with Crippen molar-refractivity contribution in [2.45, 2.75) is 31.7 Å². The molecule has 1 aliphatic rings. The minimum atomic E-state index is 0.0654. The highest BCUT2D eigenvalue weighted by molar-refractivity contribution is 9.09. The van der Waals surface area contributed by atoms with E-state index in [2.05, 4.69) is 15.9 Å². The fraction of sp³-hybridized carbons (Fsp3) is 0.533. The summed E-state index contributed by atoms with van der Waals surface area (Å²) in [5, 5.41) is 1.53. The summed E-state index contributed by atoms with van der Waals surface area (Å²) in [5.74, 6) is 0.704. The van der Waals surface area contributed by atoms with Gasteiger partial charge in [0.15, 0.2) is 6.61 Å². The highest BCUT2D eigenvalue weighted by Crippen LogP contribution is 2.25. The normalized spacial score (nSPS) is 14.7. The minimum absolute atomic E-state index is 0.0654. The average molecular weight is 361 g/mol. The third-order valence-electron chi connectivity index (χ3n) is 3.53. The molecule has 0 aliphatic heterocycles. The predicted molar refractivity (Wildman–Crippen MR) is 84.7 cm³/mol. The van der Waals surface area contributed by atoms with Gasteiger partial charge >= 0.3 is 0 Å². The van der Waals surface area contributed by atoms with Crippen LogP contribution in [0, 0.1) is 0 Å². The Balaban J connectivity index is 1.87. The fourth-order valence-corrected chi connectivity index (χ4v) is 2.66. The van der Waals surface area contributed by atoms with Crippen LogP contribution in [0.15, 0.2) is 24.3 Å². The summed E-state index contributed by atoms with van der Waals surface area (Å²) in [5.41, 5.74) is 0. The Labute approximate surface area is 133 Å². The summed E-state index contributed by atoms with van der Waals surface area (Å²) >= 11 is 9.31. The maximum atomic E-state index is 12.3. The molecule has 5 heteroatoms. The molecule has 3 nitrogen and oxygen atoms in total. The molecule has 0 N–H and O–H groups in total. The Bertz CT molecular complexity index is 451. The molecule has 1 amide bonds. The third-order valence-corrected chi connectivity index (χ3v) is 4.32. The number of nitrogens with zero attached hydrogens (tertiary/aromatic N) is 1. The highest BCUT2D eigenvalue weighted by atomic mass is 79.9. The second-order valence-corrected chi connectivity index (χ2v) is 6.19. The van der Waals surface area contributed by atoms with Crippen molar-refractivity contribution < 1.29 is 9.53 Å². The Morgan fingerprint density at radius 1 is 1.45 bits per heavy atom. The molecule has 110 valence electrons. The zero-order valence-corrected chi connectivity index (χ0v) is 13.7. The minimum Gasteiger partial charge on any atom is -0.484 e. The topological polar surface area (TPSA) is 29.5 Å². The van der Waals surface area contributed by atoms with Gasteiger partial charge in [-0.2, -0.15) is 0 Å². The van der Waals surface area contributed by atoms with Crippen LogP contribution in [0.5, 0.6) is 5.75 Å². The number of hydrogen-bond acceptors (Lipinski definition) is 2. The van der Waals surface area contributed by atoms with E-state index in [4.69, 9.17) is 16.3 Å². The van der Waals surface area contributed by atoms with E-state index in [0.29, 0.717) is 16.8 Å². The van der Waals surface area contributed by atoms with Gasteiger partial charge in [0, 0.05) is 22.9 Å². The van der Waals surface area contributed by atoms with Crippen LogP contribution in [0.2, 0.25) is 5.02 Å². The van der Waals surface area contributed by atoms with Gasteiger partial charge in [0.2, 0.25) is 0 Å². The molecule has 0 bridgehead atoms. The number of ether oxygens (including phenoxy) is 1. The van der Waals surface area contributed by atoms with Crippen molar-refractivity contribution in [2.24, 2.45) is 0 Å². The van der Waals surface area contributed by atoms with Gasteiger partial charge in [0.05, 0.1) is 0 Å². The molecular weight excluding hydrogens is 342 g/mol. The van der Waals surface area contributed by atoms with Crippen molar-refractivity contribution in [3.63, 3.8) is 0 Å².